The highest BCUT2D eigenvalue weighted by molar-refractivity contribution is 7.22. The molecule has 0 radical (unpaired) electrons. The van der Waals surface area contributed by atoms with E-state index in [0.29, 0.717) is 49.1 Å². The number of benzene rings is 2. The first-order valence-electron chi connectivity index (χ1n) is 10.1. The van der Waals surface area contributed by atoms with Crippen LogP contribution in [0.4, 0.5) is 15.6 Å². The van der Waals surface area contributed by atoms with Crippen LogP contribution in [-0.4, -0.2) is 63.4 Å². The van der Waals surface area contributed by atoms with Gasteiger partial charge in [-0.25, -0.2) is 9.78 Å². The summed E-state index contributed by atoms with van der Waals surface area (Å²) in [7, 11) is 4.62. The Bertz CT molecular complexity index is 1080. The van der Waals surface area contributed by atoms with Crippen molar-refractivity contribution in [3.05, 3.63) is 34.9 Å². The normalized spacial score (nSPS) is 13.9. The highest BCUT2D eigenvalue weighted by atomic mass is 35.5. The van der Waals surface area contributed by atoms with E-state index >= 15 is 0 Å². The predicted octanol–water partition coefficient (Wildman–Crippen LogP) is 4.64. The molecule has 2 amide bonds. The van der Waals surface area contributed by atoms with Crippen molar-refractivity contribution >= 4 is 50.0 Å². The van der Waals surface area contributed by atoms with Crippen molar-refractivity contribution in [1.82, 2.24) is 9.88 Å². The number of anilines is 2. The van der Waals surface area contributed by atoms with Crippen molar-refractivity contribution in [3.63, 3.8) is 0 Å². The fourth-order valence-corrected chi connectivity index (χ4v) is 5.05. The zero-order valence-electron chi connectivity index (χ0n) is 18.4. The second-order valence-corrected chi connectivity index (χ2v) is 8.74. The van der Waals surface area contributed by atoms with Crippen LogP contribution >= 0.6 is 22.9 Å². The van der Waals surface area contributed by atoms with Gasteiger partial charge in [-0.1, -0.05) is 29.0 Å². The average molecular weight is 477 g/mol. The van der Waals surface area contributed by atoms with Gasteiger partial charge in [-0.2, -0.15) is 0 Å². The van der Waals surface area contributed by atoms with Gasteiger partial charge in [0.1, 0.15) is 0 Å². The molecule has 8 nitrogen and oxygen atoms in total. The van der Waals surface area contributed by atoms with Crippen molar-refractivity contribution < 1.29 is 19.0 Å². The Morgan fingerprint density at radius 1 is 1.06 bits per heavy atom. The van der Waals surface area contributed by atoms with Gasteiger partial charge in [-0.15, -0.1) is 0 Å². The molecular formula is C22H25ClN4O4S. The molecule has 1 aliphatic heterocycles. The molecule has 0 spiro atoms. The molecule has 0 aliphatic carbocycles. The number of fused-ring (bicyclic) bond motifs is 1. The molecule has 0 saturated carbocycles. The SMILES string of the molecule is COc1cc(NC(=O)N2CCN(c3nc4c(C)ccc(Cl)c4s3)CC2)cc(OC)c1OC. The quantitative estimate of drug-likeness (QED) is 0.578. The third-order valence-corrected chi connectivity index (χ3v) is 7.02. The van der Waals surface area contributed by atoms with Crippen LogP contribution in [0.3, 0.4) is 0 Å². The lowest BCUT2D eigenvalue weighted by molar-refractivity contribution is 0.208. The Hall–Kier alpha value is -2.91. The van der Waals surface area contributed by atoms with Crippen molar-refractivity contribution in [2.24, 2.45) is 0 Å². The molecule has 1 aromatic heterocycles. The summed E-state index contributed by atoms with van der Waals surface area (Å²) in [6, 6.07) is 7.14. The Labute approximate surface area is 195 Å². The van der Waals surface area contributed by atoms with Gasteiger partial charge in [-0.3, -0.25) is 0 Å². The van der Waals surface area contributed by atoms with Crippen molar-refractivity contribution in [3.8, 4) is 17.2 Å². The van der Waals surface area contributed by atoms with Crippen LogP contribution in [0.5, 0.6) is 17.2 Å². The van der Waals surface area contributed by atoms with E-state index in [1.54, 1.807) is 49.7 Å². The van der Waals surface area contributed by atoms with E-state index in [1.807, 2.05) is 19.1 Å². The van der Waals surface area contributed by atoms with Gasteiger partial charge < -0.3 is 29.3 Å². The molecule has 1 N–H and O–H groups in total. The number of methoxy groups -OCH3 is 3. The number of hydrogen-bond donors (Lipinski definition) is 1. The van der Waals surface area contributed by atoms with Crippen LogP contribution in [0.2, 0.25) is 5.02 Å². The largest absolute Gasteiger partial charge is 0.493 e. The molecule has 0 bridgehead atoms. The van der Waals surface area contributed by atoms with Gasteiger partial charge >= 0.3 is 6.03 Å². The minimum atomic E-state index is -0.179. The lowest BCUT2D eigenvalue weighted by Crippen LogP contribution is -2.50. The topological polar surface area (TPSA) is 76.2 Å². The molecule has 1 saturated heterocycles. The van der Waals surface area contributed by atoms with Gasteiger partial charge in [0.05, 0.1) is 42.3 Å². The smallest absolute Gasteiger partial charge is 0.321 e. The standard InChI is InChI=1S/C22H25ClN4O4S/c1-13-5-6-15(23)20-18(13)25-22(32-20)27-9-7-26(8-10-27)21(28)24-14-11-16(29-2)19(31-4)17(12-14)30-3/h5-6,11-12H,7-10H2,1-4H3,(H,24,28). The summed E-state index contributed by atoms with van der Waals surface area (Å²) in [5.74, 6) is 1.45. The van der Waals surface area contributed by atoms with Crippen LogP contribution in [-0.2, 0) is 0 Å². The van der Waals surface area contributed by atoms with Gasteiger partial charge in [-0.05, 0) is 18.6 Å². The Balaban J connectivity index is 1.43. The van der Waals surface area contributed by atoms with E-state index in [0.717, 1.165) is 25.9 Å². The van der Waals surface area contributed by atoms with Crippen LogP contribution in [0.1, 0.15) is 5.56 Å². The number of ether oxygens (including phenoxy) is 3. The number of urea groups is 1. The van der Waals surface area contributed by atoms with Crippen molar-refractivity contribution in [1.29, 1.82) is 0 Å². The monoisotopic (exact) mass is 476 g/mol. The first kappa shape index (κ1) is 22.3. The number of piperazine rings is 1. The highest BCUT2D eigenvalue weighted by Gasteiger charge is 2.24. The van der Waals surface area contributed by atoms with E-state index < -0.39 is 0 Å². The Morgan fingerprint density at radius 2 is 1.72 bits per heavy atom. The number of rotatable bonds is 5. The zero-order valence-corrected chi connectivity index (χ0v) is 20.0. The van der Waals surface area contributed by atoms with Gasteiger partial charge in [0, 0.05) is 38.3 Å². The summed E-state index contributed by atoms with van der Waals surface area (Å²) < 4.78 is 17.1. The Morgan fingerprint density at radius 3 is 2.28 bits per heavy atom. The molecule has 2 heterocycles. The van der Waals surface area contributed by atoms with Crippen molar-refractivity contribution in [2.75, 3.05) is 57.7 Å². The second-order valence-electron chi connectivity index (χ2n) is 7.36. The van der Waals surface area contributed by atoms with E-state index in [1.165, 1.54) is 0 Å². The number of amides is 2. The minimum absolute atomic E-state index is 0.179. The maximum atomic E-state index is 12.8. The molecule has 0 unspecified atom stereocenters. The second kappa shape index (κ2) is 9.30. The summed E-state index contributed by atoms with van der Waals surface area (Å²) >= 11 is 7.94. The van der Waals surface area contributed by atoms with E-state index in [9.17, 15) is 4.79 Å². The van der Waals surface area contributed by atoms with Crippen molar-refractivity contribution in [2.45, 2.75) is 6.92 Å². The maximum Gasteiger partial charge on any atom is 0.321 e. The first-order chi connectivity index (χ1) is 15.4. The number of halogens is 1. The summed E-state index contributed by atoms with van der Waals surface area (Å²) in [5, 5.41) is 4.58. The number of nitrogens with zero attached hydrogens (tertiary/aromatic N) is 3. The third-order valence-electron chi connectivity index (χ3n) is 5.44. The van der Waals surface area contributed by atoms with Crippen LogP contribution in [0.15, 0.2) is 24.3 Å². The maximum absolute atomic E-state index is 12.8. The molecule has 3 aromatic rings. The van der Waals surface area contributed by atoms with Crippen LogP contribution in [0.25, 0.3) is 10.2 Å². The van der Waals surface area contributed by atoms with Crippen LogP contribution in [0, 0.1) is 6.92 Å². The molecule has 1 aliphatic rings. The summed E-state index contributed by atoms with van der Waals surface area (Å²) in [4.78, 5) is 21.6. The molecule has 10 heteroatoms. The van der Waals surface area contributed by atoms with E-state index in [4.69, 9.17) is 30.8 Å². The fourth-order valence-electron chi connectivity index (χ4n) is 3.68. The van der Waals surface area contributed by atoms with Gasteiger partial charge in [0.2, 0.25) is 5.75 Å². The molecule has 32 heavy (non-hydrogen) atoms. The fraction of sp³-hybridized carbons (Fsp3) is 0.364. The number of nitrogens with one attached hydrogen (secondary N) is 1. The third kappa shape index (κ3) is 4.22. The highest BCUT2D eigenvalue weighted by Crippen LogP contribution is 2.40. The zero-order chi connectivity index (χ0) is 22.8. The van der Waals surface area contributed by atoms with Gasteiger partial charge in [0.15, 0.2) is 16.6 Å². The number of aromatic nitrogens is 1. The predicted molar refractivity (Wildman–Crippen MR) is 128 cm³/mol. The molecule has 0 atom stereocenters. The van der Waals surface area contributed by atoms with E-state index in [2.05, 4.69) is 10.2 Å². The molecule has 1 fully saturated rings. The summed E-state index contributed by atoms with van der Waals surface area (Å²) in [6.07, 6.45) is 0. The first-order valence-corrected chi connectivity index (χ1v) is 11.3. The number of carbonyl (C=O) groups is 1. The van der Waals surface area contributed by atoms with E-state index in [-0.39, 0.29) is 6.03 Å². The molecule has 170 valence electrons. The Kier molecular flexibility index (Phi) is 6.48. The lowest BCUT2D eigenvalue weighted by Gasteiger charge is -2.34. The van der Waals surface area contributed by atoms with Crippen LogP contribution < -0.4 is 24.4 Å². The summed E-state index contributed by atoms with van der Waals surface area (Å²) in [6.45, 7) is 4.59. The lowest BCUT2D eigenvalue weighted by atomic mass is 10.2. The number of aryl methyl sites for hydroxylation is 1. The average Bonchev–Trinajstić information content (AvgIpc) is 3.28. The summed E-state index contributed by atoms with van der Waals surface area (Å²) in [5.41, 5.74) is 2.62. The molecule has 4 rings (SSSR count). The molecular weight excluding hydrogens is 452 g/mol. The number of carbonyl (C=O) groups excluding carboxylic acids is 1. The molecule has 2 aromatic carbocycles. The number of thiazole rings is 1. The van der Waals surface area contributed by atoms with Gasteiger partial charge in [0.25, 0.3) is 0 Å². The minimum Gasteiger partial charge on any atom is -0.493 e. The number of hydrogen-bond acceptors (Lipinski definition) is 7.